The summed E-state index contributed by atoms with van der Waals surface area (Å²) in [5.41, 5.74) is 1.26. The Bertz CT molecular complexity index is 612. The van der Waals surface area contributed by atoms with Crippen LogP contribution in [0, 0.1) is 6.92 Å². The number of aryl methyl sites for hydroxylation is 2. The average molecular weight is 336 g/mol. The van der Waals surface area contributed by atoms with E-state index in [9.17, 15) is 4.79 Å². The molecule has 0 spiro atoms. The number of nitrogens with one attached hydrogen (secondary N) is 1. The first kappa shape index (κ1) is 16.9. The molecule has 22 heavy (non-hydrogen) atoms. The van der Waals surface area contributed by atoms with Gasteiger partial charge < -0.3 is 9.88 Å². The predicted molar refractivity (Wildman–Crippen MR) is 91.2 cm³/mol. The van der Waals surface area contributed by atoms with Gasteiger partial charge in [0, 0.05) is 24.2 Å². The van der Waals surface area contributed by atoms with E-state index < -0.39 is 0 Å². The molecule has 2 rings (SSSR count). The number of amides is 1. The van der Waals surface area contributed by atoms with Gasteiger partial charge in [-0.25, -0.2) is 0 Å². The highest BCUT2D eigenvalue weighted by Crippen LogP contribution is 2.20. The van der Waals surface area contributed by atoms with Crippen molar-refractivity contribution in [2.24, 2.45) is 7.05 Å². The Balaban J connectivity index is 1.69. The highest BCUT2D eigenvalue weighted by atomic mass is 32.2. The van der Waals surface area contributed by atoms with Gasteiger partial charge in [0.05, 0.1) is 5.25 Å². The molecule has 1 amide bonds. The van der Waals surface area contributed by atoms with E-state index in [2.05, 4.69) is 46.7 Å². The lowest BCUT2D eigenvalue weighted by molar-refractivity contribution is -0.120. The molecule has 0 bridgehead atoms. The van der Waals surface area contributed by atoms with Crippen LogP contribution in [0.2, 0.25) is 0 Å². The second-order valence-corrected chi connectivity index (χ2v) is 7.41. The van der Waals surface area contributed by atoms with Gasteiger partial charge in [0.2, 0.25) is 5.91 Å². The Labute approximate surface area is 139 Å². The summed E-state index contributed by atoms with van der Waals surface area (Å²) in [7, 11) is 1.87. The van der Waals surface area contributed by atoms with E-state index in [1.807, 2.05) is 18.5 Å². The van der Waals surface area contributed by atoms with Crippen molar-refractivity contribution < 1.29 is 4.79 Å². The van der Waals surface area contributed by atoms with Crippen molar-refractivity contribution >= 4 is 29.4 Å². The van der Waals surface area contributed by atoms with Crippen molar-refractivity contribution in [2.45, 2.75) is 29.1 Å². The third-order valence-corrected chi connectivity index (χ3v) is 5.17. The maximum absolute atomic E-state index is 12.0. The molecule has 1 aromatic carbocycles. The number of benzene rings is 1. The summed E-state index contributed by atoms with van der Waals surface area (Å²) in [5, 5.41) is 11.3. The molecule has 2 aromatic rings. The number of hydrogen-bond acceptors (Lipinski definition) is 5. The molecule has 1 N–H and O–H groups in total. The molecule has 0 fully saturated rings. The molecular formula is C15H20N4OS2. The second kappa shape index (κ2) is 8.24. The number of thioether (sulfide) groups is 2. The van der Waals surface area contributed by atoms with Gasteiger partial charge in [0.15, 0.2) is 5.16 Å². The van der Waals surface area contributed by atoms with Crippen molar-refractivity contribution in [1.82, 2.24) is 20.1 Å². The van der Waals surface area contributed by atoms with Crippen LogP contribution in [0.3, 0.4) is 0 Å². The molecule has 1 heterocycles. The van der Waals surface area contributed by atoms with Crippen LogP contribution in [0.15, 0.2) is 40.6 Å². The Morgan fingerprint density at radius 2 is 2.09 bits per heavy atom. The Morgan fingerprint density at radius 1 is 1.36 bits per heavy atom. The van der Waals surface area contributed by atoms with Gasteiger partial charge in [-0.15, -0.1) is 22.0 Å². The van der Waals surface area contributed by atoms with E-state index in [1.54, 1.807) is 18.1 Å². The van der Waals surface area contributed by atoms with Gasteiger partial charge in [-0.2, -0.15) is 0 Å². The third kappa shape index (κ3) is 5.06. The standard InChI is InChI=1S/C15H20N4OS2/c1-11-4-6-13(7-5-11)21-9-8-16-14(20)12(2)22-15-18-17-10-19(15)3/h4-7,10,12H,8-9H2,1-3H3,(H,16,20). The minimum Gasteiger partial charge on any atom is -0.354 e. The summed E-state index contributed by atoms with van der Waals surface area (Å²) in [4.78, 5) is 13.3. The van der Waals surface area contributed by atoms with E-state index in [-0.39, 0.29) is 11.2 Å². The molecule has 0 saturated carbocycles. The van der Waals surface area contributed by atoms with Gasteiger partial charge in [-0.05, 0) is 26.0 Å². The first-order chi connectivity index (χ1) is 10.6. The number of nitrogens with zero attached hydrogens (tertiary/aromatic N) is 3. The van der Waals surface area contributed by atoms with Crippen LogP contribution in [0.25, 0.3) is 0 Å². The molecule has 7 heteroatoms. The van der Waals surface area contributed by atoms with E-state index in [0.29, 0.717) is 6.54 Å². The molecule has 1 atom stereocenters. The molecule has 0 radical (unpaired) electrons. The van der Waals surface area contributed by atoms with Gasteiger partial charge in [-0.1, -0.05) is 29.5 Å². The molecule has 0 aliphatic rings. The quantitative estimate of drug-likeness (QED) is 0.622. The van der Waals surface area contributed by atoms with Gasteiger partial charge in [0.1, 0.15) is 6.33 Å². The topological polar surface area (TPSA) is 59.8 Å². The van der Waals surface area contributed by atoms with Gasteiger partial charge in [-0.3, -0.25) is 4.79 Å². The van der Waals surface area contributed by atoms with Gasteiger partial charge >= 0.3 is 0 Å². The van der Waals surface area contributed by atoms with Crippen molar-refractivity contribution in [2.75, 3.05) is 12.3 Å². The fraction of sp³-hybridized carbons (Fsp3) is 0.400. The maximum atomic E-state index is 12.0. The zero-order valence-electron chi connectivity index (χ0n) is 12.9. The van der Waals surface area contributed by atoms with Crippen LogP contribution in [-0.2, 0) is 11.8 Å². The van der Waals surface area contributed by atoms with Crippen LogP contribution in [0.1, 0.15) is 12.5 Å². The molecule has 0 aliphatic carbocycles. The molecule has 0 saturated heterocycles. The summed E-state index contributed by atoms with van der Waals surface area (Å²) < 4.78 is 1.81. The Morgan fingerprint density at radius 3 is 2.73 bits per heavy atom. The van der Waals surface area contributed by atoms with Crippen LogP contribution in [0.4, 0.5) is 0 Å². The number of aromatic nitrogens is 3. The highest BCUT2D eigenvalue weighted by molar-refractivity contribution is 8.00. The summed E-state index contributed by atoms with van der Waals surface area (Å²) in [6.45, 7) is 4.60. The number of hydrogen-bond donors (Lipinski definition) is 1. The van der Waals surface area contributed by atoms with E-state index >= 15 is 0 Å². The van der Waals surface area contributed by atoms with Crippen LogP contribution in [-0.4, -0.2) is 38.2 Å². The molecule has 5 nitrogen and oxygen atoms in total. The largest absolute Gasteiger partial charge is 0.354 e. The molecule has 118 valence electrons. The minimum absolute atomic E-state index is 0.0255. The van der Waals surface area contributed by atoms with Crippen LogP contribution < -0.4 is 5.32 Å². The van der Waals surface area contributed by atoms with Crippen LogP contribution in [0.5, 0.6) is 0 Å². The normalized spacial score (nSPS) is 12.1. The number of carbonyl (C=O) groups excluding carboxylic acids is 1. The lowest BCUT2D eigenvalue weighted by atomic mass is 10.2. The lowest BCUT2D eigenvalue weighted by Crippen LogP contribution is -2.32. The van der Waals surface area contributed by atoms with Crippen molar-refractivity contribution in [1.29, 1.82) is 0 Å². The first-order valence-electron chi connectivity index (χ1n) is 7.04. The first-order valence-corrected chi connectivity index (χ1v) is 8.90. The number of carbonyl (C=O) groups is 1. The SMILES string of the molecule is Cc1ccc(SCCNC(=O)C(C)Sc2nncn2C)cc1. The summed E-state index contributed by atoms with van der Waals surface area (Å²) >= 11 is 3.15. The zero-order chi connectivity index (χ0) is 15.9. The predicted octanol–water partition coefficient (Wildman–Crippen LogP) is 2.51. The van der Waals surface area contributed by atoms with E-state index in [4.69, 9.17) is 0 Å². The van der Waals surface area contributed by atoms with E-state index in [1.165, 1.54) is 22.2 Å². The fourth-order valence-electron chi connectivity index (χ4n) is 1.71. The summed E-state index contributed by atoms with van der Waals surface area (Å²) in [6, 6.07) is 8.41. The lowest BCUT2D eigenvalue weighted by Gasteiger charge is -2.11. The van der Waals surface area contributed by atoms with Crippen molar-refractivity contribution in [3.05, 3.63) is 36.2 Å². The van der Waals surface area contributed by atoms with E-state index in [0.717, 1.165) is 10.9 Å². The molecule has 1 unspecified atom stereocenters. The van der Waals surface area contributed by atoms with Crippen LogP contribution >= 0.6 is 23.5 Å². The highest BCUT2D eigenvalue weighted by Gasteiger charge is 2.16. The third-order valence-electron chi connectivity index (χ3n) is 3.01. The average Bonchev–Trinajstić information content (AvgIpc) is 2.90. The smallest absolute Gasteiger partial charge is 0.233 e. The van der Waals surface area contributed by atoms with Gasteiger partial charge in [0.25, 0.3) is 0 Å². The monoisotopic (exact) mass is 336 g/mol. The molecule has 1 aromatic heterocycles. The fourth-order valence-corrected chi connectivity index (χ4v) is 3.29. The minimum atomic E-state index is -0.188. The van der Waals surface area contributed by atoms with Crippen molar-refractivity contribution in [3.8, 4) is 0 Å². The van der Waals surface area contributed by atoms with Crippen molar-refractivity contribution in [3.63, 3.8) is 0 Å². The zero-order valence-corrected chi connectivity index (χ0v) is 14.6. The Hall–Kier alpha value is -1.47. The Kier molecular flexibility index (Phi) is 6.33. The summed E-state index contributed by atoms with van der Waals surface area (Å²) in [5.74, 6) is 0.883. The maximum Gasteiger partial charge on any atom is 0.233 e. The number of rotatable bonds is 7. The second-order valence-electron chi connectivity index (χ2n) is 4.94. The molecular weight excluding hydrogens is 316 g/mol. The summed E-state index contributed by atoms with van der Waals surface area (Å²) in [6.07, 6.45) is 1.63. The molecule has 0 aliphatic heterocycles.